The van der Waals surface area contributed by atoms with Crippen molar-refractivity contribution < 1.29 is 4.39 Å². The Labute approximate surface area is 406 Å². The largest absolute Gasteiger partial charge is 0.368 e. The standard InChI is InChI=1S/C15H11Cl9N4.C15H11Cl8FN4/c16-3-5-28(6-4-17)10-2-1-8(7-9(10)18)11-25-12(14(19,20)21)27-13(26-11)15(22,23)24;16-3-5-28(6-4-17)10-2-1-8(7-9(10)24)11-25-12(14(18,19)20)27-13(26-11)15(21,22)23/h2*1-2,7H,3-6H2. The van der Waals surface area contributed by atoms with Crippen LogP contribution < -0.4 is 9.80 Å². The van der Waals surface area contributed by atoms with E-state index in [4.69, 9.17) is 197 Å². The number of halogens is 18. The van der Waals surface area contributed by atoms with Gasteiger partial charge in [0.25, 0.3) is 0 Å². The van der Waals surface area contributed by atoms with Crippen LogP contribution in [0.1, 0.15) is 23.3 Å². The first-order valence-corrected chi connectivity index (χ1v) is 22.1. The number of rotatable bonds is 12. The second-order valence-electron chi connectivity index (χ2n) is 10.7. The van der Waals surface area contributed by atoms with Crippen LogP contribution >= 0.6 is 197 Å². The third-order valence-electron chi connectivity index (χ3n) is 6.80. The molecule has 4 rings (SSSR count). The zero-order valence-corrected chi connectivity index (χ0v) is 40.4. The van der Waals surface area contributed by atoms with E-state index >= 15 is 0 Å². The van der Waals surface area contributed by atoms with E-state index in [0.29, 0.717) is 66.0 Å². The zero-order valence-electron chi connectivity index (χ0n) is 27.5. The number of hydrogen-bond donors (Lipinski definition) is 0. The van der Waals surface area contributed by atoms with Gasteiger partial charge in [0.2, 0.25) is 15.2 Å². The van der Waals surface area contributed by atoms with Crippen molar-refractivity contribution in [2.75, 3.05) is 59.5 Å². The summed E-state index contributed by atoms with van der Waals surface area (Å²) in [7, 11) is 0. The predicted octanol–water partition coefficient (Wildman–Crippen LogP) is 13.7. The van der Waals surface area contributed by atoms with Crippen LogP contribution in [0.5, 0.6) is 0 Å². The summed E-state index contributed by atoms with van der Waals surface area (Å²) in [5, 5.41) is 0.430. The van der Waals surface area contributed by atoms with Crippen molar-refractivity contribution in [3.05, 3.63) is 70.5 Å². The van der Waals surface area contributed by atoms with Crippen LogP contribution in [0.3, 0.4) is 0 Å². The molecule has 0 N–H and O–H groups in total. The van der Waals surface area contributed by atoms with Crippen molar-refractivity contribution in [3.8, 4) is 22.8 Å². The van der Waals surface area contributed by atoms with E-state index in [1.54, 1.807) is 29.2 Å². The fourth-order valence-corrected chi connectivity index (χ4v) is 6.57. The summed E-state index contributed by atoms with van der Waals surface area (Å²) in [5.41, 5.74) is 1.86. The molecule has 0 unspecified atom stereocenters. The monoisotopic (exact) mass is 1110 g/mol. The Balaban J connectivity index is 0.000000300. The Bertz CT molecular complexity index is 1710. The highest BCUT2D eigenvalue weighted by atomic mass is 35.6. The maximum absolute atomic E-state index is 14.7. The van der Waals surface area contributed by atoms with Gasteiger partial charge in [0, 0.05) is 60.8 Å². The Morgan fingerprint density at radius 3 is 1.04 bits per heavy atom. The lowest BCUT2D eigenvalue weighted by atomic mass is 10.1. The second kappa shape index (κ2) is 22.3. The maximum atomic E-state index is 14.7. The van der Waals surface area contributed by atoms with E-state index in [1.807, 2.05) is 4.90 Å². The normalized spacial score (nSPS) is 12.3. The maximum Gasteiger partial charge on any atom is 0.250 e. The minimum Gasteiger partial charge on any atom is -0.368 e. The molecule has 0 atom stereocenters. The summed E-state index contributed by atoms with van der Waals surface area (Å²) in [5.74, 6) is 0.123. The molecule has 8 nitrogen and oxygen atoms in total. The SMILES string of the molecule is ClCCN(CCCl)c1ccc(-c2nc(C(Cl)(Cl)Cl)nc(C(Cl)(Cl)Cl)n2)cc1Cl.Fc1cc(-c2nc(C(Cl)(Cl)Cl)nc(C(Cl)(Cl)Cl)n2)ccc1N(CCCl)CCCl. The summed E-state index contributed by atoms with van der Waals surface area (Å²) < 4.78 is 6.86. The van der Waals surface area contributed by atoms with Crippen molar-refractivity contribution in [2.24, 2.45) is 0 Å². The van der Waals surface area contributed by atoms with Gasteiger partial charge in [0.1, 0.15) is 5.82 Å². The molecule has 0 radical (unpaired) electrons. The van der Waals surface area contributed by atoms with Gasteiger partial charge < -0.3 is 9.80 Å². The first kappa shape index (κ1) is 51.3. The molecular formula is C30H22Cl17FN8. The van der Waals surface area contributed by atoms with Crippen molar-refractivity contribution in [3.63, 3.8) is 0 Å². The van der Waals surface area contributed by atoms with Gasteiger partial charge in [0.05, 0.1) is 16.4 Å². The van der Waals surface area contributed by atoms with Gasteiger partial charge >= 0.3 is 0 Å². The second-order valence-corrected chi connectivity index (χ2v) is 21.7. The fraction of sp³-hybridized carbons (Fsp3) is 0.400. The molecule has 0 aliphatic heterocycles. The van der Waals surface area contributed by atoms with Crippen LogP contribution in [0.25, 0.3) is 22.8 Å². The molecular weight excluding hydrogens is 1090 g/mol. The first-order valence-electron chi connectivity index (χ1n) is 15.1. The van der Waals surface area contributed by atoms with E-state index in [2.05, 4.69) is 29.9 Å². The average molecular weight is 1120 g/mol. The van der Waals surface area contributed by atoms with Gasteiger partial charge in [-0.05, 0) is 36.4 Å². The van der Waals surface area contributed by atoms with Crippen LogP contribution in [0.2, 0.25) is 5.02 Å². The summed E-state index contributed by atoms with van der Waals surface area (Å²) in [6.07, 6.45) is 0. The van der Waals surface area contributed by atoms with E-state index in [-0.39, 0.29) is 40.5 Å². The van der Waals surface area contributed by atoms with Gasteiger partial charge in [-0.2, -0.15) is 0 Å². The molecule has 2 aromatic heterocycles. The lowest BCUT2D eigenvalue weighted by Gasteiger charge is -2.24. The van der Waals surface area contributed by atoms with Gasteiger partial charge in [-0.1, -0.05) is 151 Å². The molecule has 2 heterocycles. The highest BCUT2D eigenvalue weighted by molar-refractivity contribution is 6.68. The third kappa shape index (κ3) is 15.1. The van der Waals surface area contributed by atoms with Crippen molar-refractivity contribution in [1.29, 1.82) is 0 Å². The number of alkyl halides is 16. The lowest BCUT2D eigenvalue weighted by molar-refractivity contribution is 0.620. The Kier molecular flexibility index (Phi) is 20.4. The minimum atomic E-state index is -2.00. The number of benzene rings is 2. The molecule has 26 heteroatoms. The molecule has 0 aliphatic rings. The summed E-state index contributed by atoms with van der Waals surface area (Å²) >= 11 is 100. The van der Waals surface area contributed by atoms with Gasteiger partial charge in [0.15, 0.2) is 34.9 Å². The Morgan fingerprint density at radius 2 is 0.750 bits per heavy atom. The molecule has 0 amide bonds. The minimum absolute atomic E-state index is 0.0238. The van der Waals surface area contributed by atoms with Crippen LogP contribution in [0.15, 0.2) is 36.4 Å². The predicted molar refractivity (Wildman–Crippen MR) is 240 cm³/mol. The van der Waals surface area contributed by atoms with Crippen LogP contribution in [0.4, 0.5) is 15.8 Å². The molecule has 2 aromatic carbocycles. The molecule has 0 aliphatic carbocycles. The van der Waals surface area contributed by atoms with Crippen molar-refractivity contribution in [2.45, 2.75) is 15.2 Å². The van der Waals surface area contributed by atoms with Gasteiger partial charge in [-0.25, -0.2) is 34.3 Å². The topological polar surface area (TPSA) is 83.8 Å². The first-order chi connectivity index (χ1) is 25.9. The van der Waals surface area contributed by atoms with Crippen LogP contribution in [-0.4, -0.2) is 79.6 Å². The zero-order chi connectivity index (χ0) is 42.2. The highest BCUT2D eigenvalue weighted by Gasteiger charge is 2.35. The van der Waals surface area contributed by atoms with Crippen molar-refractivity contribution in [1.82, 2.24) is 29.9 Å². The molecule has 56 heavy (non-hydrogen) atoms. The third-order valence-corrected chi connectivity index (χ3v) is 9.80. The Hall–Kier alpha value is 0.920. The van der Waals surface area contributed by atoms with E-state index < -0.39 is 21.0 Å². The molecule has 308 valence electrons. The lowest BCUT2D eigenvalue weighted by Crippen LogP contribution is -2.28. The fourth-order valence-electron chi connectivity index (χ4n) is 4.44. The number of hydrogen-bond acceptors (Lipinski definition) is 8. The van der Waals surface area contributed by atoms with Gasteiger partial charge in [-0.3, -0.25) is 0 Å². The smallest absolute Gasteiger partial charge is 0.250 e. The number of nitrogens with zero attached hydrogens (tertiary/aromatic N) is 8. The molecule has 0 saturated carbocycles. The van der Waals surface area contributed by atoms with E-state index in [0.717, 1.165) is 5.69 Å². The molecule has 4 aromatic rings. The molecule has 0 spiro atoms. The number of anilines is 2. The quantitative estimate of drug-likeness (QED) is 0.130. The molecule has 0 bridgehead atoms. The summed E-state index contributed by atoms with van der Waals surface area (Å²) in [6.45, 7) is 2.00. The molecule has 0 fully saturated rings. The van der Waals surface area contributed by atoms with Crippen LogP contribution in [-0.2, 0) is 15.2 Å². The summed E-state index contributed by atoms with van der Waals surface area (Å²) in [6, 6.07) is 9.49. The van der Waals surface area contributed by atoms with Gasteiger partial charge in [-0.15, -0.1) is 46.4 Å². The van der Waals surface area contributed by atoms with E-state index in [9.17, 15) is 4.39 Å². The van der Waals surface area contributed by atoms with E-state index in [1.165, 1.54) is 12.1 Å². The summed E-state index contributed by atoms with van der Waals surface area (Å²) in [4.78, 5) is 27.9. The Morgan fingerprint density at radius 1 is 0.446 bits per heavy atom. The van der Waals surface area contributed by atoms with Crippen molar-refractivity contribution >= 4 is 209 Å². The molecule has 0 saturated heterocycles. The van der Waals surface area contributed by atoms with Crippen LogP contribution in [0, 0.1) is 5.82 Å². The highest BCUT2D eigenvalue weighted by Crippen LogP contribution is 2.43. The average Bonchev–Trinajstić information content (AvgIpc) is 3.10. The number of aromatic nitrogens is 6.